The maximum atomic E-state index is 11.3. The maximum Gasteiger partial charge on any atom is 0.303 e. The predicted octanol–water partition coefficient (Wildman–Crippen LogP) is 4.15. The average Bonchev–Trinajstić information content (AvgIpc) is 2.46. The zero-order chi connectivity index (χ0) is 15.5. The number of benzene rings is 1. The third kappa shape index (κ3) is 4.07. The van der Waals surface area contributed by atoms with Gasteiger partial charge in [0.05, 0.1) is 12.0 Å². The fourth-order valence-corrected chi connectivity index (χ4v) is 3.32. The van der Waals surface area contributed by atoms with Gasteiger partial charge in [-0.3, -0.25) is 4.79 Å². The van der Waals surface area contributed by atoms with E-state index < -0.39 is 5.97 Å². The molecule has 0 aliphatic carbocycles. The Kier molecular flexibility index (Phi) is 5.04. The first-order chi connectivity index (χ1) is 9.93. The molecule has 1 fully saturated rings. The van der Waals surface area contributed by atoms with Gasteiger partial charge in [-0.05, 0) is 50.5 Å². The SMILES string of the molecule is CC[C@@]1(C)C[C@@H]([C@H](CC(=O)O)c2ccc(C)cc2)CCO1. The van der Waals surface area contributed by atoms with Crippen molar-refractivity contribution in [2.24, 2.45) is 5.92 Å². The lowest BCUT2D eigenvalue weighted by molar-refractivity contribution is -0.139. The number of hydrogen-bond donors (Lipinski definition) is 1. The van der Waals surface area contributed by atoms with Crippen molar-refractivity contribution >= 4 is 5.97 Å². The molecule has 1 aromatic carbocycles. The third-order valence-corrected chi connectivity index (χ3v) is 4.85. The van der Waals surface area contributed by atoms with Gasteiger partial charge in [0.25, 0.3) is 0 Å². The average molecular weight is 290 g/mol. The van der Waals surface area contributed by atoms with E-state index in [-0.39, 0.29) is 17.9 Å². The largest absolute Gasteiger partial charge is 0.481 e. The zero-order valence-electron chi connectivity index (χ0n) is 13.3. The number of carbonyl (C=O) groups is 1. The number of carboxylic acid groups (broad SMARTS) is 1. The van der Waals surface area contributed by atoms with Crippen LogP contribution in [0.2, 0.25) is 0 Å². The molecule has 0 unspecified atom stereocenters. The molecule has 3 nitrogen and oxygen atoms in total. The zero-order valence-corrected chi connectivity index (χ0v) is 13.3. The van der Waals surface area contributed by atoms with Crippen LogP contribution in [0.15, 0.2) is 24.3 Å². The molecule has 21 heavy (non-hydrogen) atoms. The Morgan fingerprint density at radius 1 is 1.43 bits per heavy atom. The molecule has 1 aliphatic rings. The fraction of sp³-hybridized carbons (Fsp3) is 0.611. The molecule has 1 saturated heterocycles. The Hall–Kier alpha value is -1.35. The van der Waals surface area contributed by atoms with Crippen LogP contribution in [-0.4, -0.2) is 23.3 Å². The Morgan fingerprint density at radius 3 is 2.67 bits per heavy atom. The molecular formula is C18H26O3. The maximum absolute atomic E-state index is 11.3. The van der Waals surface area contributed by atoms with Gasteiger partial charge in [0.2, 0.25) is 0 Å². The van der Waals surface area contributed by atoms with E-state index in [0.29, 0.717) is 5.92 Å². The number of rotatable bonds is 5. The minimum Gasteiger partial charge on any atom is -0.481 e. The Bertz CT molecular complexity index is 480. The van der Waals surface area contributed by atoms with Crippen molar-refractivity contribution in [2.45, 2.75) is 58.0 Å². The number of aliphatic carboxylic acids is 1. The highest BCUT2D eigenvalue weighted by Crippen LogP contribution is 2.41. The van der Waals surface area contributed by atoms with Crippen LogP contribution in [0.3, 0.4) is 0 Å². The monoisotopic (exact) mass is 290 g/mol. The summed E-state index contributed by atoms with van der Waals surface area (Å²) in [5, 5.41) is 9.29. The van der Waals surface area contributed by atoms with E-state index in [2.05, 4.69) is 45.0 Å². The van der Waals surface area contributed by atoms with Gasteiger partial charge in [0, 0.05) is 6.61 Å². The Balaban J connectivity index is 2.23. The summed E-state index contributed by atoms with van der Waals surface area (Å²) >= 11 is 0. The molecule has 0 spiro atoms. The molecule has 1 aromatic rings. The summed E-state index contributed by atoms with van der Waals surface area (Å²) in [5.74, 6) is -0.259. The highest BCUT2D eigenvalue weighted by Gasteiger charge is 2.36. The number of carboxylic acids is 1. The standard InChI is InChI=1S/C18H26O3/c1-4-18(3)12-15(9-10-21-18)16(11-17(19)20)14-7-5-13(2)6-8-14/h5-8,15-16H,4,9-12H2,1-3H3,(H,19,20)/t15-,16+,18-/m0/s1. The van der Waals surface area contributed by atoms with E-state index in [0.717, 1.165) is 31.4 Å². The normalized spacial score (nSPS) is 27.3. The summed E-state index contributed by atoms with van der Waals surface area (Å²) < 4.78 is 5.91. The fourth-order valence-electron chi connectivity index (χ4n) is 3.32. The van der Waals surface area contributed by atoms with Gasteiger partial charge in [-0.15, -0.1) is 0 Å². The molecule has 0 bridgehead atoms. The Labute approximate surface area is 127 Å². The minimum atomic E-state index is -0.717. The molecule has 0 saturated carbocycles. The van der Waals surface area contributed by atoms with Crippen molar-refractivity contribution in [3.8, 4) is 0 Å². The van der Waals surface area contributed by atoms with Crippen molar-refractivity contribution < 1.29 is 14.6 Å². The van der Waals surface area contributed by atoms with Crippen molar-refractivity contribution in [3.05, 3.63) is 35.4 Å². The molecule has 1 N–H and O–H groups in total. The van der Waals surface area contributed by atoms with Crippen molar-refractivity contribution in [1.29, 1.82) is 0 Å². The van der Waals surface area contributed by atoms with Crippen LogP contribution in [0.1, 0.15) is 56.6 Å². The van der Waals surface area contributed by atoms with Gasteiger partial charge >= 0.3 is 5.97 Å². The van der Waals surface area contributed by atoms with Gasteiger partial charge in [-0.2, -0.15) is 0 Å². The second-order valence-corrected chi connectivity index (χ2v) is 6.52. The number of aryl methyl sites for hydroxylation is 1. The van der Waals surface area contributed by atoms with Crippen LogP contribution in [0.25, 0.3) is 0 Å². The lowest BCUT2D eigenvalue weighted by atomic mass is 9.74. The molecule has 2 rings (SSSR count). The third-order valence-electron chi connectivity index (χ3n) is 4.85. The van der Waals surface area contributed by atoms with Crippen LogP contribution in [0, 0.1) is 12.8 Å². The number of hydrogen-bond acceptors (Lipinski definition) is 2. The molecule has 1 aliphatic heterocycles. The highest BCUT2D eigenvalue weighted by molar-refractivity contribution is 5.68. The quantitative estimate of drug-likeness (QED) is 0.886. The van der Waals surface area contributed by atoms with Crippen molar-refractivity contribution in [2.75, 3.05) is 6.61 Å². The van der Waals surface area contributed by atoms with Gasteiger partial charge in [0.15, 0.2) is 0 Å². The first kappa shape index (κ1) is 16.0. The minimum absolute atomic E-state index is 0.0814. The summed E-state index contributed by atoms with van der Waals surface area (Å²) in [5.41, 5.74) is 2.25. The molecule has 0 radical (unpaired) electrons. The summed E-state index contributed by atoms with van der Waals surface area (Å²) in [7, 11) is 0. The van der Waals surface area contributed by atoms with E-state index >= 15 is 0 Å². The van der Waals surface area contributed by atoms with E-state index in [1.54, 1.807) is 0 Å². The Morgan fingerprint density at radius 2 is 2.10 bits per heavy atom. The number of ether oxygens (including phenoxy) is 1. The summed E-state index contributed by atoms with van der Waals surface area (Å²) in [6, 6.07) is 8.31. The van der Waals surface area contributed by atoms with E-state index in [1.165, 1.54) is 5.56 Å². The van der Waals surface area contributed by atoms with Gasteiger partial charge in [-0.25, -0.2) is 0 Å². The highest BCUT2D eigenvalue weighted by atomic mass is 16.5. The molecular weight excluding hydrogens is 264 g/mol. The molecule has 0 amide bonds. The lowest BCUT2D eigenvalue weighted by Gasteiger charge is -2.41. The van der Waals surface area contributed by atoms with Crippen LogP contribution in [0.4, 0.5) is 0 Å². The first-order valence-electron chi connectivity index (χ1n) is 7.86. The van der Waals surface area contributed by atoms with E-state index in [9.17, 15) is 9.90 Å². The molecule has 0 aromatic heterocycles. The topological polar surface area (TPSA) is 46.5 Å². The second kappa shape index (κ2) is 6.61. The molecule has 1 heterocycles. The lowest BCUT2D eigenvalue weighted by Crippen LogP contribution is -2.38. The van der Waals surface area contributed by atoms with Gasteiger partial charge < -0.3 is 9.84 Å². The van der Waals surface area contributed by atoms with Crippen molar-refractivity contribution in [1.82, 2.24) is 0 Å². The van der Waals surface area contributed by atoms with Crippen LogP contribution < -0.4 is 0 Å². The van der Waals surface area contributed by atoms with E-state index in [4.69, 9.17) is 4.74 Å². The van der Waals surface area contributed by atoms with Gasteiger partial charge in [-0.1, -0.05) is 36.8 Å². The molecule has 3 atom stereocenters. The van der Waals surface area contributed by atoms with Crippen molar-refractivity contribution in [3.63, 3.8) is 0 Å². The molecule has 116 valence electrons. The second-order valence-electron chi connectivity index (χ2n) is 6.52. The smallest absolute Gasteiger partial charge is 0.303 e. The summed E-state index contributed by atoms with van der Waals surface area (Å²) in [4.78, 5) is 11.3. The summed E-state index contributed by atoms with van der Waals surface area (Å²) in [6.45, 7) is 7.07. The predicted molar refractivity (Wildman–Crippen MR) is 83.5 cm³/mol. The van der Waals surface area contributed by atoms with Crippen LogP contribution in [0.5, 0.6) is 0 Å². The first-order valence-corrected chi connectivity index (χ1v) is 7.86. The molecule has 3 heteroatoms. The van der Waals surface area contributed by atoms with Crippen LogP contribution in [-0.2, 0) is 9.53 Å². The van der Waals surface area contributed by atoms with E-state index in [1.807, 2.05) is 0 Å². The van der Waals surface area contributed by atoms with Gasteiger partial charge in [0.1, 0.15) is 0 Å². The van der Waals surface area contributed by atoms with Crippen LogP contribution >= 0.6 is 0 Å². The summed E-state index contributed by atoms with van der Waals surface area (Å²) in [6.07, 6.45) is 3.06.